The van der Waals surface area contributed by atoms with Gasteiger partial charge in [0.1, 0.15) is 6.07 Å². The molecule has 6 heteroatoms. The van der Waals surface area contributed by atoms with Gasteiger partial charge in [0.05, 0.1) is 22.6 Å². The summed E-state index contributed by atoms with van der Waals surface area (Å²) in [5, 5.41) is 17.2. The maximum Gasteiger partial charge on any atom is 0.152 e. The number of aryl methyl sites for hydroxylation is 1. The number of halogens is 1. The van der Waals surface area contributed by atoms with E-state index in [4.69, 9.17) is 22.6 Å². The van der Waals surface area contributed by atoms with Gasteiger partial charge in [-0.2, -0.15) is 10.4 Å². The van der Waals surface area contributed by atoms with E-state index in [2.05, 4.69) is 16.5 Å². The van der Waals surface area contributed by atoms with E-state index in [1.165, 1.54) is 0 Å². The van der Waals surface area contributed by atoms with Gasteiger partial charge in [-0.25, -0.2) is 0 Å². The van der Waals surface area contributed by atoms with Gasteiger partial charge in [0.25, 0.3) is 0 Å². The second-order valence-corrected chi connectivity index (χ2v) is 5.29. The lowest BCUT2D eigenvalue weighted by atomic mass is 10.1. The van der Waals surface area contributed by atoms with Crippen LogP contribution in [0, 0.1) is 11.3 Å². The molecule has 20 heavy (non-hydrogen) atoms. The summed E-state index contributed by atoms with van der Waals surface area (Å²) in [6, 6.07) is 7.16. The summed E-state index contributed by atoms with van der Waals surface area (Å²) in [6.45, 7) is 4.06. The highest BCUT2D eigenvalue weighted by atomic mass is 35.5. The monoisotopic (exact) mass is 289 g/mol. The van der Waals surface area contributed by atoms with Crippen molar-refractivity contribution in [3.63, 3.8) is 0 Å². The Morgan fingerprint density at radius 3 is 2.70 bits per heavy atom. The van der Waals surface area contributed by atoms with Gasteiger partial charge in [-0.05, 0) is 24.1 Å². The van der Waals surface area contributed by atoms with E-state index in [0.717, 1.165) is 5.69 Å². The van der Waals surface area contributed by atoms with Crippen molar-refractivity contribution in [3.05, 3.63) is 34.5 Å². The van der Waals surface area contributed by atoms with Crippen molar-refractivity contribution < 1.29 is 0 Å². The molecule has 0 fully saturated rings. The van der Waals surface area contributed by atoms with Crippen molar-refractivity contribution in [1.29, 1.82) is 5.26 Å². The number of anilines is 3. The number of nitrogen functional groups attached to an aromatic ring is 1. The van der Waals surface area contributed by atoms with Gasteiger partial charge in [-0.1, -0.05) is 25.4 Å². The third-order valence-corrected chi connectivity index (χ3v) is 3.25. The average Bonchev–Trinajstić information content (AvgIpc) is 2.67. The van der Waals surface area contributed by atoms with E-state index in [1.54, 1.807) is 29.9 Å². The molecule has 1 aromatic heterocycles. The molecule has 104 valence electrons. The summed E-state index contributed by atoms with van der Waals surface area (Å²) in [5.74, 6) is 0.888. The van der Waals surface area contributed by atoms with Gasteiger partial charge in [0.2, 0.25) is 0 Å². The van der Waals surface area contributed by atoms with Crippen molar-refractivity contribution in [1.82, 2.24) is 9.78 Å². The maximum atomic E-state index is 9.13. The van der Waals surface area contributed by atoms with Gasteiger partial charge >= 0.3 is 0 Å². The first-order valence-electron chi connectivity index (χ1n) is 6.23. The maximum absolute atomic E-state index is 9.13. The first-order chi connectivity index (χ1) is 9.43. The summed E-state index contributed by atoms with van der Waals surface area (Å²) in [5.41, 5.74) is 8.66. The molecule has 0 aliphatic heterocycles. The van der Waals surface area contributed by atoms with Crippen LogP contribution in [0.1, 0.15) is 31.0 Å². The predicted molar refractivity (Wildman–Crippen MR) is 81.2 cm³/mol. The van der Waals surface area contributed by atoms with Crippen molar-refractivity contribution in [2.45, 2.75) is 19.8 Å². The molecular weight excluding hydrogens is 274 g/mol. The third kappa shape index (κ3) is 2.56. The van der Waals surface area contributed by atoms with Crippen molar-refractivity contribution in [2.75, 3.05) is 11.1 Å². The van der Waals surface area contributed by atoms with Crippen molar-refractivity contribution in [3.8, 4) is 6.07 Å². The molecule has 3 N–H and O–H groups in total. The number of nitriles is 1. The summed E-state index contributed by atoms with van der Waals surface area (Å²) < 4.78 is 1.67. The fraction of sp³-hybridized carbons (Fsp3) is 0.286. The zero-order chi connectivity index (χ0) is 14.9. The van der Waals surface area contributed by atoms with Gasteiger partial charge in [-0.15, -0.1) is 0 Å². The molecule has 1 aromatic carbocycles. The van der Waals surface area contributed by atoms with Crippen LogP contribution in [0.3, 0.4) is 0 Å². The van der Waals surface area contributed by atoms with Crippen LogP contribution in [0.2, 0.25) is 5.02 Å². The van der Waals surface area contributed by atoms with Gasteiger partial charge < -0.3 is 11.1 Å². The highest BCUT2D eigenvalue weighted by Crippen LogP contribution is 2.31. The topological polar surface area (TPSA) is 79.7 Å². The third-order valence-electron chi connectivity index (χ3n) is 3.01. The van der Waals surface area contributed by atoms with Gasteiger partial charge in [-0.3, -0.25) is 4.68 Å². The molecule has 0 amide bonds. The number of hydrogen-bond acceptors (Lipinski definition) is 4. The summed E-state index contributed by atoms with van der Waals surface area (Å²) >= 11 is 5.97. The first-order valence-corrected chi connectivity index (χ1v) is 6.61. The number of nitrogens with two attached hydrogens (primary N) is 1. The van der Waals surface area contributed by atoms with E-state index in [0.29, 0.717) is 27.8 Å². The standard InChI is InChI=1S/C14H16ClN5/c1-8(2)13-12(17)14(20(3)19-13)18-11-6-10(15)5-4-9(11)7-16/h4-6,8,18H,17H2,1-3H3. The van der Waals surface area contributed by atoms with Crippen molar-refractivity contribution in [2.24, 2.45) is 7.05 Å². The van der Waals surface area contributed by atoms with Gasteiger partial charge in [0, 0.05) is 12.1 Å². The van der Waals surface area contributed by atoms with E-state index in [-0.39, 0.29) is 5.92 Å². The molecule has 0 spiro atoms. The fourth-order valence-electron chi connectivity index (χ4n) is 1.98. The SMILES string of the molecule is CC(C)c1nn(C)c(Nc2cc(Cl)ccc2C#N)c1N. The first kappa shape index (κ1) is 14.2. The molecule has 0 saturated carbocycles. The molecule has 2 rings (SSSR count). The normalized spacial score (nSPS) is 10.6. The van der Waals surface area contributed by atoms with E-state index in [9.17, 15) is 0 Å². The second-order valence-electron chi connectivity index (χ2n) is 4.85. The fourth-order valence-corrected chi connectivity index (χ4v) is 2.15. The second kappa shape index (κ2) is 5.43. The number of aromatic nitrogens is 2. The minimum absolute atomic E-state index is 0.228. The lowest BCUT2D eigenvalue weighted by molar-refractivity contribution is 0.718. The van der Waals surface area contributed by atoms with E-state index >= 15 is 0 Å². The van der Waals surface area contributed by atoms with Crippen LogP contribution in [-0.2, 0) is 7.05 Å². The summed E-state index contributed by atoms with van der Waals surface area (Å²) in [4.78, 5) is 0. The minimum Gasteiger partial charge on any atom is -0.394 e. The number of nitrogens with zero attached hydrogens (tertiary/aromatic N) is 3. The zero-order valence-electron chi connectivity index (χ0n) is 11.6. The Hall–Kier alpha value is -2.19. The molecule has 0 saturated heterocycles. The van der Waals surface area contributed by atoms with Crippen LogP contribution in [0.25, 0.3) is 0 Å². The Balaban J connectivity index is 2.46. The van der Waals surface area contributed by atoms with Crippen LogP contribution < -0.4 is 11.1 Å². The summed E-state index contributed by atoms with van der Waals surface area (Å²) in [7, 11) is 1.81. The lowest BCUT2D eigenvalue weighted by Crippen LogP contribution is -2.02. The summed E-state index contributed by atoms with van der Waals surface area (Å²) in [6.07, 6.45) is 0. The lowest BCUT2D eigenvalue weighted by Gasteiger charge is -2.10. The van der Waals surface area contributed by atoms with E-state index < -0.39 is 0 Å². The Kier molecular flexibility index (Phi) is 3.86. The van der Waals surface area contributed by atoms with Crippen LogP contribution >= 0.6 is 11.6 Å². The largest absolute Gasteiger partial charge is 0.394 e. The Bertz CT molecular complexity index is 682. The molecule has 0 atom stereocenters. The van der Waals surface area contributed by atoms with Gasteiger partial charge in [0.15, 0.2) is 5.82 Å². The molecule has 1 heterocycles. The zero-order valence-corrected chi connectivity index (χ0v) is 12.4. The molecule has 0 aliphatic rings. The molecule has 0 bridgehead atoms. The minimum atomic E-state index is 0.228. The molecular formula is C14H16ClN5. The molecule has 0 radical (unpaired) electrons. The smallest absolute Gasteiger partial charge is 0.152 e. The number of nitrogens with one attached hydrogen (secondary N) is 1. The molecule has 2 aromatic rings. The Morgan fingerprint density at radius 1 is 1.45 bits per heavy atom. The van der Waals surface area contributed by atoms with Crippen LogP contribution in [0.5, 0.6) is 0 Å². The number of rotatable bonds is 3. The average molecular weight is 290 g/mol. The van der Waals surface area contributed by atoms with Crippen LogP contribution in [-0.4, -0.2) is 9.78 Å². The quantitative estimate of drug-likeness (QED) is 0.907. The Labute approximate surface area is 123 Å². The highest BCUT2D eigenvalue weighted by molar-refractivity contribution is 6.30. The molecule has 0 unspecified atom stereocenters. The van der Waals surface area contributed by atoms with E-state index in [1.807, 2.05) is 13.8 Å². The Morgan fingerprint density at radius 2 is 2.15 bits per heavy atom. The molecule has 5 nitrogen and oxygen atoms in total. The number of benzene rings is 1. The van der Waals surface area contributed by atoms with Crippen LogP contribution in [0.15, 0.2) is 18.2 Å². The van der Waals surface area contributed by atoms with Crippen molar-refractivity contribution >= 4 is 28.8 Å². The number of hydrogen-bond donors (Lipinski definition) is 2. The van der Waals surface area contributed by atoms with Crippen LogP contribution in [0.4, 0.5) is 17.2 Å². The predicted octanol–water partition coefficient (Wildman–Crippen LogP) is 3.39. The molecule has 0 aliphatic carbocycles. The highest BCUT2D eigenvalue weighted by Gasteiger charge is 2.17.